The fraction of sp³-hybridized carbons (Fsp3) is 0.579. The van der Waals surface area contributed by atoms with Crippen molar-refractivity contribution in [2.45, 2.75) is 38.7 Å². The van der Waals surface area contributed by atoms with Gasteiger partial charge in [0.15, 0.2) is 12.7 Å². The van der Waals surface area contributed by atoms with Crippen LogP contribution in [0.25, 0.3) is 0 Å². The van der Waals surface area contributed by atoms with Gasteiger partial charge in [0.2, 0.25) is 0 Å². The maximum absolute atomic E-state index is 11.9. The number of hydrogen-bond acceptors (Lipinski definition) is 5. The summed E-state index contributed by atoms with van der Waals surface area (Å²) in [5, 5.41) is 2.75. The first-order chi connectivity index (χ1) is 12.1. The topological polar surface area (TPSA) is 67.9 Å². The van der Waals surface area contributed by atoms with Crippen LogP contribution < -0.4 is 10.2 Å². The van der Waals surface area contributed by atoms with E-state index in [0.717, 1.165) is 25.4 Å². The average molecular weight is 346 g/mol. The molecule has 2 heterocycles. The summed E-state index contributed by atoms with van der Waals surface area (Å²) in [4.78, 5) is 26.0. The van der Waals surface area contributed by atoms with Gasteiger partial charge >= 0.3 is 5.97 Å². The van der Waals surface area contributed by atoms with Gasteiger partial charge < -0.3 is 19.7 Å². The zero-order chi connectivity index (χ0) is 17.6. The molecule has 136 valence electrons. The Morgan fingerprint density at radius 1 is 1.20 bits per heavy atom. The number of piperidine rings is 1. The molecule has 25 heavy (non-hydrogen) atoms. The predicted octanol–water partition coefficient (Wildman–Crippen LogP) is 2.58. The Hall–Kier alpha value is -2.08. The van der Waals surface area contributed by atoms with Crippen molar-refractivity contribution in [3.05, 3.63) is 24.3 Å². The zero-order valence-electron chi connectivity index (χ0n) is 14.7. The van der Waals surface area contributed by atoms with Gasteiger partial charge in [-0.2, -0.15) is 0 Å². The number of nitrogens with zero attached hydrogens (tertiary/aromatic N) is 1. The van der Waals surface area contributed by atoms with Crippen molar-refractivity contribution in [3.8, 4) is 0 Å². The van der Waals surface area contributed by atoms with Crippen molar-refractivity contribution >= 4 is 23.3 Å². The summed E-state index contributed by atoms with van der Waals surface area (Å²) in [6, 6.07) is 7.80. The Kier molecular flexibility index (Phi) is 5.91. The molecule has 3 rings (SSSR count). The number of nitrogens with one attached hydrogen (secondary N) is 1. The maximum atomic E-state index is 11.9. The molecule has 6 nitrogen and oxygen atoms in total. The monoisotopic (exact) mass is 346 g/mol. The molecule has 2 fully saturated rings. The number of carbonyl (C=O) groups is 2. The number of anilines is 2. The molecule has 0 aromatic heterocycles. The first kappa shape index (κ1) is 17.7. The van der Waals surface area contributed by atoms with Crippen LogP contribution in [-0.2, 0) is 19.1 Å². The van der Waals surface area contributed by atoms with Crippen LogP contribution in [0.5, 0.6) is 0 Å². The first-order valence-corrected chi connectivity index (χ1v) is 9.05. The van der Waals surface area contributed by atoms with E-state index in [0.29, 0.717) is 18.7 Å². The van der Waals surface area contributed by atoms with Gasteiger partial charge in [0.1, 0.15) is 0 Å². The van der Waals surface area contributed by atoms with Crippen molar-refractivity contribution < 1.29 is 19.1 Å². The Bertz CT molecular complexity index is 588. The second kappa shape index (κ2) is 8.34. The first-order valence-electron chi connectivity index (χ1n) is 9.05. The van der Waals surface area contributed by atoms with Gasteiger partial charge in [-0.05, 0) is 55.9 Å². The molecular formula is C19H26N2O4. The minimum atomic E-state index is -0.514. The standard InChI is InChI=1S/C19H26N2O4/c1-14-8-10-21(11-9-14)16-6-4-15(5-7-16)20-18(22)13-25-19(23)17-3-2-12-24-17/h4-7,14,17H,2-3,8-13H2,1H3,(H,20,22)/t17-/m0/s1. The molecule has 2 saturated heterocycles. The van der Waals surface area contributed by atoms with Crippen LogP contribution in [0.15, 0.2) is 24.3 Å². The fourth-order valence-corrected chi connectivity index (χ4v) is 3.21. The van der Waals surface area contributed by atoms with Crippen LogP contribution in [0.2, 0.25) is 0 Å². The lowest BCUT2D eigenvalue weighted by molar-refractivity contribution is -0.156. The molecule has 0 bridgehead atoms. The molecule has 2 aliphatic heterocycles. The van der Waals surface area contributed by atoms with Gasteiger partial charge in [-0.15, -0.1) is 0 Å². The highest BCUT2D eigenvalue weighted by Gasteiger charge is 2.25. The van der Waals surface area contributed by atoms with E-state index in [1.165, 1.54) is 18.5 Å². The fourth-order valence-electron chi connectivity index (χ4n) is 3.21. The van der Waals surface area contributed by atoms with E-state index in [9.17, 15) is 9.59 Å². The Morgan fingerprint density at radius 2 is 1.92 bits per heavy atom. The number of benzene rings is 1. The molecule has 0 radical (unpaired) electrons. The molecule has 1 amide bonds. The van der Waals surface area contributed by atoms with Crippen molar-refractivity contribution in [1.82, 2.24) is 0 Å². The SMILES string of the molecule is CC1CCN(c2ccc(NC(=O)COC(=O)[C@@H]3CCCO3)cc2)CC1. The zero-order valence-corrected chi connectivity index (χ0v) is 14.7. The average Bonchev–Trinajstić information content (AvgIpc) is 3.16. The summed E-state index contributed by atoms with van der Waals surface area (Å²) in [5.41, 5.74) is 1.88. The molecular weight excluding hydrogens is 320 g/mol. The summed E-state index contributed by atoms with van der Waals surface area (Å²) in [5.74, 6) is 0.000346. The third-order valence-corrected chi connectivity index (χ3v) is 4.84. The molecule has 2 aliphatic rings. The maximum Gasteiger partial charge on any atom is 0.335 e. The van der Waals surface area contributed by atoms with E-state index < -0.39 is 12.1 Å². The third-order valence-electron chi connectivity index (χ3n) is 4.84. The Morgan fingerprint density at radius 3 is 2.56 bits per heavy atom. The van der Waals surface area contributed by atoms with Crippen molar-refractivity contribution in [2.24, 2.45) is 5.92 Å². The highest BCUT2D eigenvalue weighted by Crippen LogP contribution is 2.24. The van der Waals surface area contributed by atoms with Gasteiger partial charge in [0.25, 0.3) is 5.91 Å². The van der Waals surface area contributed by atoms with Crippen LogP contribution in [-0.4, -0.2) is 44.3 Å². The molecule has 0 aliphatic carbocycles. The lowest BCUT2D eigenvalue weighted by atomic mass is 9.99. The van der Waals surface area contributed by atoms with Crippen molar-refractivity contribution in [1.29, 1.82) is 0 Å². The summed E-state index contributed by atoms with van der Waals surface area (Å²) in [6.07, 6.45) is 3.44. The minimum Gasteiger partial charge on any atom is -0.454 e. The summed E-state index contributed by atoms with van der Waals surface area (Å²) in [6.45, 7) is 4.73. The largest absolute Gasteiger partial charge is 0.454 e. The molecule has 0 saturated carbocycles. The van der Waals surface area contributed by atoms with E-state index in [1.807, 2.05) is 24.3 Å². The Labute approximate surface area is 148 Å². The number of esters is 1. The van der Waals surface area contributed by atoms with Gasteiger partial charge in [0.05, 0.1) is 0 Å². The summed E-state index contributed by atoms with van der Waals surface area (Å²) in [7, 11) is 0. The smallest absolute Gasteiger partial charge is 0.335 e. The molecule has 0 spiro atoms. The highest BCUT2D eigenvalue weighted by molar-refractivity contribution is 5.93. The van der Waals surface area contributed by atoms with Gasteiger partial charge in [-0.1, -0.05) is 6.92 Å². The molecule has 0 unspecified atom stereocenters. The van der Waals surface area contributed by atoms with Gasteiger partial charge in [-0.3, -0.25) is 4.79 Å². The van der Waals surface area contributed by atoms with E-state index in [2.05, 4.69) is 17.1 Å². The van der Waals surface area contributed by atoms with E-state index >= 15 is 0 Å². The number of ether oxygens (including phenoxy) is 2. The van der Waals surface area contributed by atoms with Gasteiger partial charge in [0, 0.05) is 31.1 Å². The number of hydrogen-bond donors (Lipinski definition) is 1. The molecule has 1 atom stereocenters. The van der Waals surface area contributed by atoms with Gasteiger partial charge in [-0.25, -0.2) is 4.79 Å². The van der Waals surface area contributed by atoms with Crippen LogP contribution in [0.1, 0.15) is 32.6 Å². The normalized spacial score (nSPS) is 21.2. The van der Waals surface area contributed by atoms with Crippen molar-refractivity contribution in [3.63, 3.8) is 0 Å². The Balaban J connectivity index is 1.44. The predicted molar refractivity (Wildman–Crippen MR) is 95.6 cm³/mol. The van der Waals surface area contributed by atoms with Crippen LogP contribution in [0, 0.1) is 5.92 Å². The number of rotatable bonds is 5. The summed E-state index contributed by atoms with van der Waals surface area (Å²) < 4.78 is 10.2. The van der Waals surface area contributed by atoms with Crippen LogP contribution >= 0.6 is 0 Å². The number of amides is 1. The number of carbonyl (C=O) groups excluding carboxylic acids is 2. The lowest BCUT2D eigenvalue weighted by Crippen LogP contribution is -2.32. The van der Waals surface area contributed by atoms with Crippen LogP contribution in [0.3, 0.4) is 0 Å². The lowest BCUT2D eigenvalue weighted by Gasteiger charge is -2.32. The quantitative estimate of drug-likeness (QED) is 0.830. The molecule has 1 aromatic carbocycles. The van der Waals surface area contributed by atoms with E-state index in [4.69, 9.17) is 9.47 Å². The molecule has 1 N–H and O–H groups in total. The second-order valence-electron chi connectivity index (χ2n) is 6.87. The third kappa shape index (κ3) is 4.95. The summed E-state index contributed by atoms with van der Waals surface area (Å²) >= 11 is 0. The van der Waals surface area contributed by atoms with Crippen LogP contribution in [0.4, 0.5) is 11.4 Å². The second-order valence-corrected chi connectivity index (χ2v) is 6.87. The van der Waals surface area contributed by atoms with E-state index in [-0.39, 0.29) is 12.5 Å². The molecule has 6 heteroatoms. The van der Waals surface area contributed by atoms with E-state index in [1.54, 1.807) is 0 Å². The van der Waals surface area contributed by atoms with Crippen molar-refractivity contribution in [2.75, 3.05) is 36.5 Å². The molecule has 1 aromatic rings. The minimum absolute atomic E-state index is 0.287. The highest BCUT2D eigenvalue weighted by atomic mass is 16.6.